The van der Waals surface area contributed by atoms with Gasteiger partial charge in [-0.3, -0.25) is 4.79 Å². The Morgan fingerprint density at radius 3 is 2.55 bits per heavy atom. The molecule has 0 radical (unpaired) electrons. The molecule has 1 saturated carbocycles. The molecule has 3 rings (SSSR count). The van der Waals surface area contributed by atoms with Crippen molar-refractivity contribution in [2.45, 2.75) is 43.5 Å². The van der Waals surface area contributed by atoms with Crippen LogP contribution in [0.4, 0.5) is 0 Å². The van der Waals surface area contributed by atoms with E-state index in [9.17, 15) is 9.59 Å². The summed E-state index contributed by atoms with van der Waals surface area (Å²) in [6, 6.07) is 0. The molecular weight excluding hydrogens is 264 g/mol. The Balaban J connectivity index is 1.62. The number of epoxide rings is 2. The average Bonchev–Trinajstić information content (AvgIpc) is 3.37. The second-order valence-electron chi connectivity index (χ2n) is 5.72. The van der Waals surface area contributed by atoms with Crippen LogP contribution >= 0.6 is 0 Å². The van der Waals surface area contributed by atoms with E-state index >= 15 is 0 Å². The van der Waals surface area contributed by atoms with Crippen molar-refractivity contribution in [1.82, 2.24) is 0 Å². The van der Waals surface area contributed by atoms with Gasteiger partial charge in [0.25, 0.3) is 0 Å². The molecule has 3 fully saturated rings. The second-order valence-corrected chi connectivity index (χ2v) is 5.72. The Morgan fingerprint density at radius 1 is 1.20 bits per heavy atom. The Bertz CT molecular complexity index is 376. The number of hydrogen-bond acceptors (Lipinski definition) is 6. The summed E-state index contributed by atoms with van der Waals surface area (Å²) in [5.41, 5.74) is -1.04. The summed E-state index contributed by atoms with van der Waals surface area (Å²) in [5, 5.41) is 0. The van der Waals surface area contributed by atoms with E-state index < -0.39 is 11.5 Å². The van der Waals surface area contributed by atoms with Crippen LogP contribution in [0, 0.1) is 5.92 Å². The molecule has 2 saturated heterocycles. The summed E-state index contributed by atoms with van der Waals surface area (Å²) in [6.45, 7) is 1.96. The third kappa shape index (κ3) is 3.19. The fourth-order valence-corrected chi connectivity index (χ4v) is 2.69. The largest absolute Gasteiger partial charge is 0.463 e. The minimum absolute atomic E-state index is 0.0361. The van der Waals surface area contributed by atoms with Crippen LogP contribution in [0.3, 0.4) is 0 Å². The van der Waals surface area contributed by atoms with E-state index in [1.54, 1.807) is 0 Å². The maximum absolute atomic E-state index is 12.2. The number of carbonyl (C=O) groups excluding carboxylic acids is 2. The lowest BCUT2D eigenvalue weighted by Crippen LogP contribution is -2.49. The van der Waals surface area contributed by atoms with Gasteiger partial charge in [-0.25, -0.2) is 0 Å². The van der Waals surface area contributed by atoms with E-state index in [0.29, 0.717) is 32.7 Å². The molecule has 2 heterocycles. The van der Waals surface area contributed by atoms with E-state index in [1.165, 1.54) is 0 Å². The summed E-state index contributed by atoms with van der Waals surface area (Å²) in [5.74, 6) is -0.852. The molecule has 4 atom stereocenters. The zero-order valence-electron chi connectivity index (χ0n) is 11.4. The summed E-state index contributed by atoms with van der Waals surface area (Å²) >= 11 is 0. The van der Waals surface area contributed by atoms with Gasteiger partial charge in [-0.15, -0.1) is 0 Å². The predicted octanol–water partition coefficient (Wildman–Crippen LogP) is 0.472. The van der Waals surface area contributed by atoms with Crippen molar-refractivity contribution >= 4 is 12.3 Å². The molecule has 2 aliphatic heterocycles. The molecule has 20 heavy (non-hydrogen) atoms. The summed E-state index contributed by atoms with van der Waals surface area (Å²) in [4.78, 5) is 23.8. The molecule has 0 amide bonds. The fourth-order valence-electron chi connectivity index (χ4n) is 2.69. The highest BCUT2D eigenvalue weighted by Crippen LogP contribution is 2.37. The Hall–Kier alpha value is -0.980. The van der Waals surface area contributed by atoms with Crippen LogP contribution in [0.1, 0.15) is 25.7 Å². The molecule has 0 bridgehead atoms. The number of aldehydes is 1. The minimum Gasteiger partial charge on any atom is -0.463 e. The first-order valence-electron chi connectivity index (χ1n) is 7.24. The Morgan fingerprint density at radius 2 is 1.90 bits per heavy atom. The van der Waals surface area contributed by atoms with Crippen LogP contribution in [-0.2, 0) is 28.5 Å². The van der Waals surface area contributed by atoms with Crippen LogP contribution in [-0.4, -0.2) is 56.5 Å². The van der Waals surface area contributed by atoms with Gasteiger partial charge < -0.3 is 23.7 Å². The normalized spacial score (nSPS) is 39.1. The maximum atomic E-state index is 12.2. The van der Waals surface area contributed by atoms with Crippen molar-refractivity contribution < 1.29 is 28.5 Å². The smallest absolute Gasteiger partial charge is 0.312 e. The quantitative estimate of drug-likeness (QED) is 0.384. The molecule has 0 N–H and O–H groups in total. The number of rotatable bonds is 7. The van der Waals surface area contributed by atoms with Gasteiger partial charge in [0.1, 0.15) is 24.4 Å². The molecule has 0 aromatic rings. The lowest BCUT2D eigenvalue weighted by molar-refractivity contribution is -0.173. The molecular formula is C14H20O6. The van der Waals surface area contributed by atoms with Crippen molar-refractivity contribution in [3.05, 3.63) is 0 Å². The topological polar surface area (TPSA) is 77.7 Å². The molecule has 1 aliphatic carbocycles. The SMILES string of the molecule is O=CC1(OCC2CO2)CCCCC1C(=O)OCC1CO1. The fraction of sp³-hybridized carbons (Fsp3) is 0.857. The number of carbonyl (C=O) groups is 2. The highest BCUT2D eigenvalue weighted by molar-refractivity contribution is 5.81. The molecule has 4 unspecified atom stereocenters. The van der Waals surface area contributed by atoms with Crippen LogP contribution in [0.15, 0.2) is 0 Å². The molecule has 112 valence electrons. The van der Waals surface area contributed by atoms with Crippen molar-refractivity contribution in [2.75, 3.05) is 26.4 Å². The average molecular weight is 284 g/mol. The van der Waals surface area contributed by atoms with Crippen molar-refractivity contribution in [3.63, 3.8) is 0 Å². The van der Waals surface area contributed by atoms with Gasteiger partial charge in [0.15, 0.2) is 6.29 Å². The standard InChI is InChI=1S/C14H20O6/c15-9-14(20-8-11-6-18-11)4-2-1-3-12(14)13(16)19-7-10-5-17-10/h9-12H,1-8H2. The third-order valence-corrected chi connectivity index (χ3v) is 4.14. The summed E-state index contributed by atoms with van der Waals surface area (Å²) in [6.07, 6.45) is 3.91. The lowest BCUT2D eigenvalue weighted by atomic mass is 9.76. The first-order chi connectivity index (χ1) is 9.73. The highest BCUT2D eigenvalue weighted by Gasteiger charge is 2.48. The number of esters is 1. The van der Waals surface area contributed by atoms with Crippen molar-refractivity contribution in [1.29, 1.82) is 0 Å². The zero-order valence-corrected chi connectivity index (χ0v) is 11.4. The zero-order chi connectivity index (χ0) is 14.0. The van der Waals surface area contributed by atoms with Gasteiger partial charge in [-0.05, 0) is 12.8 Å². The van der Waals surface area contributed by atoms with E-state index in [2.05, 4.69) is 0 Å². The molecule has 0 spiro atoms. The summed E-state index contributed by atoms with van der Waals surface area (Å²) in [7, 11) is 0. The lowest BCUT2D eigenvalue weighted by Gasteiger charge is -2.38. The second kappa shape index (κ2) is 5.79. The van der Waals surface area contributed by atoms with E-state index in [0.717, 1.165) is 19.1 Å². The highest BCUT2D eigenvalue weighted by atomic mass is 16.6. The molecule has 6 nitrogen and oxygen atoms in total. The molecule has 0 aromatic heterocycles. The molecule has 6 heteroatoms. The predicted molar refractivity (Wildman–Crippen MR) is 67.1 cm³/mol. The van der Waals surface area contributed by atoms with Crippen LogP contribution in [0.25, 0.3) is 0 Å². The van der Waals surface area contributed by atoms with Crippen molar-refractivity contribution in [3.8, 4) is 0 Å². The Kier molecular flexibility index (Phi) is 4.05. The molecule has 3 aliphatic rings. The molecule has 0 aromatic carbocycles. The number of ether oxygens (including phenoxy) is 4. The third-order valence-electron chi connectivity index (χ3n) is 4.14. The van der Waals surface area contributed by atoms with Crippen LogP contribution in [0.5, 0.6) is 0 Å². The van der Waals surface area contributed by atoms with E-state index in [-0.39, 0.29) is 24.8 Å². The van der Waals surface area contributed by atoms with E-state index in [1.807, 2.05) is 0 Å². The van der Waals surface area contributed by atoms with Crippen molar-refractivity contribution in [2.24, 2.45) is 5.92 Å². The van der Waals surface area contributed by atoms with Gasteiger partial charge >= 0.3 is 5.97 Å². The van der Waals surface area contributed by atoms with Gasteiger partial charge in [-0.1, -0.05) is 12.8 Å². The Labute approximate surface area is 117 Å². The van der Waals surface area contributed by atoms with Gasteiger partial charge in [0, 0.05) is 0 Å². The monoisotopic (exact) mass is 284 g/mol. The van der Waals surface area contributed by atoms with Crippen LogP contribution in [0.2, 0.25) is 0 Å². The first-order valence-corrected chi connectivity index (χ1v) is 7.24. The maximum Gasteiger partial charge on any atom is 0.312 e. The van der Waals surface area contributed by atoms with Gasteiger partial charge in [-0.2, -0.15) is 0 Å². The van der Waals surface area contributed by atoms with Gasteiger partial charge in [0.05, 0.1) is 25.7 Å². The minimum atomic E-state index is -1.04. The summed E-state index contributed by atoms with van der Waals surface area (Å²) < 4.78 is 21.1. The first kappa shape index (κ1) is 14.0. The van der Waals surface area contributed by atoms with E-state index in [4.69, 9.17) is 18.9 Å². The van der Waals surface area contributed by atoms with Crippen LogP contribution < -0.4 is 0 Å². The van der Waals surface area contributed by atoms with Gasteiger partial charge in [0.2, 0.25) is 0 Å². The number of hydrogen-bond donors (Lipinski definition) is 0.